The Labute approximate surface area is 84.8 Å². The van der Waals surface area contributed by atoms with E-state index in [-0.39, 0.29) is 0 Å². The van der Waals surface area contributed by atoms with E-state index in [1.807, 2.05) is 0 Å². The fraction of sp³-hybridized carbons (Fsp3) is 1.00. The van der Waals surface area contributed by atoms with Gasteiger partial charge in [0.2, 0.25) is 0 Å². The van der Waals surface area contributed by atoms with Crippen LogP contribution in [-0.4, -0.2) is 30.4 Å². The van der Waals surface area contributed by atoms with Crippen LogP contribution in [0.3, 0.4) is 0 Å². The Hall–Kier alpha value is 0.270. The zero-order valence-corrected chi connectivity index (χ0v) is 9.11. The van der Waals surface area contributed by atoms with E-state index in [4.69, 9.17) is 4.74 Å². The van der Waals surface area contributed by atoms with Gasteiger partial charge in [-0.25, -0.2) is 0 Å². The summed E-state index contributed by atoms with van der Waals surface area (Å²) in [6.07, 6.45) is 4.36. The maximum Gasteiger partial charge on any atom is 0.108 e. The van der Waals surface area contributed by atoms with Crippen LogP contribution in [0.25, 0.3) is 0 Å². The molecule has 0 aromatic rings. The Morgan fingerprint density at radius 1 is 1.38 bits per heavy atom. The minimum Gasteiger partial charge on any atom is -0.362 e. The van der Waals surface area contributed by atoms with Crippen LogP contribution in [0.1, 0.15) is 26.2 Å². The van der Waals surface area contributed by atoms with E-state index in [0.717, 1.165) is 12.5 Å². The van der Waals surface area contributed by atoms with E-state index < -0.39 is 0 Å². The first-order chi connectivity index (χ1) is 6.34. The standard InChI is InChI=1S/C10H19NOS/c1-8-7-12-10(11-8)6-9-2-4-13-5-3-9/h8-11H,2-7H2,1H3. The van der Waals surface area contributed by atoms with E-state index in [9.17, 15) is 0 Å². The summed E-state index contributed by atoms with van der Waals surface area (Å²) in [6, 6.07) is 0.558. The van der Waals surface area contributed by atoms with Gasteiger partial charge >= 0.3 is 0 Å². The van der Waals surface area contributed by atoms with Crippen LogP contribution in [0, 0.1) is 5.92 Å². The summed E-state index contributed by atoms with van der Waals surface area (Å²) in [7, 11) is 0. The molecule has 2 heterocycles. The first kappa shape index (κ1) is 9.81. The maximum atomic E-state index is 5.65. The summed E-state index contributed by atoms with van der Waals surface area (Å²) in [4.78, 5) is 0. The summed E-state index contributed by atoms with van der Waals surface area (Å²) in [5, 5.41) is 3.47. The first-order valence-electron chi connectivity index (χ1n) is 5.30. The normalized spacial score (nSPS) is 36.7. The lowest BCUT2D eigenvalue weighted by Gasteiger charge is -2.23. The predicted molar refractivity (Wildman–Crippen MR) is 57.0 cm³/mol. The third-order valence-corrected chi connectivity index (χ3v) is 3.95. The zero-order chi connectivity index (χ0) is 9.10. The average molecular weight is 201 g/mol. The third kappa shape index (κ3) is 2.86. The van der Waals surface area contributed by atoms with Gasteiger partial charge in [0.05, 0.1) is 6.61 Å². The summed E-state index contributed by atoms with van der Waals surface area (Å²) in [6.45, 7) is 3.09. The molecule has 13 heavy (non-hydrogen) atoms. The Balaban J connectivity index is 1.71. The molecule has 0 aromatic heterocycles. The van der Waals surface area contributed by atoms with E-state index in [2.05, 4.69) is 24.0 Å². The van der Waals surface area contributed by atoms with Crippen LogP contribution < -0.4 is 5.32 Å². The predicted octanol–water partition coefficient (Wildman–Crippen LogP) is 1.85. The van der Waals surface area contributed by atoms with Crippen molar-refractivity contribution in [3.63, 3.8) is 0 Å². The van der Waals surface area contributed by atoms with Crippen LogP contribution in [0.5, 0.6) is 0 Å². The van der Waals surface area contributed by atoms with Gasteiger partial charge in [-0.05, 0) is 43.6 Å². The molecule has 3 heteroatoms. The van der Waals surface area contributed by atoms with E-state index >= 15 is 0 Å². The summed E-state index contributed by atoms with van der Waals surface area (Å²) in [5.74, 6) is 3.61. The second-order valence-electron chi connectivity index (χ2n) is 4.18. The first-order valence-corrected chi connectivity index (χ1v) is 6.45. The SMILES string of the molecule is CC1COC(CC2CCSCC2)N1. The third-order valence-electron chi connectivity index (χ3n) is 2.91. The molecule has 2 rings (SSSR count). The molecule has 0 spiro atoms. The van der Waals surface area contributed by atoms with Crippen molar-refractivity contribution in [1.82, 2.24) is 5.32 Å². The van der Waals surface area contributed by atoms with Crippen LogP contribution in [-0.2, 0) is 4.74 Å². The molecule has 2 unspecified atom stereocenters. The van der Waals surface area contributed by atoms with Crippen molar-refractivity contribution < 1.29 is 4.74 Å². The lowest BCUT2D eigenvalue weighted by Crippen LogP contribution is -2.30. The van der Waals surface area contributed by atoms with Crippen molar-refractivity contribution in [2.24, 2.45) is 5.92 Å². The van der Waals surface area contributed by atoms with Gasteiger partial charge in [-0.3, -0.25) is 5.32 Å². The molecule has 2 aliphatic rings. The molecule has 2 atom stereocenters. The number of ether oxygens (including phenoxy) is 1. The summed E-state index contributed by atoms with van der Waals surface area (Å²) >= 11 is 2.10. The molecule has 2 nitrogen and oxygen atoms in total. The molecule has 0 saturated carbocycles. The molecule has 0 amide bonds. The average Bonchev–Trinajstić information content (AvgIpc) is 2.53. The van der Waals surface area contributed by atoms with Gasteiger partial charge in [-0.15, -0.1) is 0 Å². The number of hydrogen-bond acceptors (Lipinski definition) is 3. The number of nitrogens with one attached hydrogen (secondary N) is 1. The topological polar surface area (TPSA) is 21.3 Å². The van der Waals surface area contributed by atoms with Crippen LogP contribution in [0.4, 0.5) is 0 Å². The Morgan fingerprint density at radius 3 is 2.77 bits per heavy atom. The van der Waals surface area contributed by atoms with E-state index in [0.29, 0.717) is 12.3 Å². The van der Waals surface area contributed by atoms with Crippen molar-refractivity contribution in [3.8, 4) is 0 Å². The Bertz CT molecular complexity index is 156. The van der Waals surface area contributed by atoms with Gasteiger partial charge < -0.3 is 4.74 Å². The minimum absolute atomic E-state index is 0.350. The van der Waals surface area contributed by atoms with Crippen molar-refractivity contribution >= 4 is 11.8 Å². The highest BCUT2D eigenvalue weighted by Gasteiger charge is 2.24. The molecule has 0 aliphatic carbocycles. The van der Waals surface area contributed by atoms with Crippen LogP contribution in [0.15, 0.2) is 0 Å². The van der Waals surface area contributed by atoms with Gasteiger partial charge in [-0.2, -0.15) is 11.8 Å². The lowest BCUT2D eigenvalue weighted by atomic mass is 9.98. The highest BCUT2D eigenvalue weighted by molar-refractivity contribution is 7.99. The minimum atomic E-state index is 0.350. The van der Waals surface area contributed by atoms with E-state index in [1.165, 1.54) is 30.8 Å². The monoisotopic (exact) mass is 201 g/mol. The molecule has 0 radical (unpaired) electrons. The largest absolute Gasteiger partial charge is 0.362 e. The highest BCUT2D eigenvalue weighted by atomic mass is 32.2. The quantitative estimate of drug-likeness (QED) is 0.737. The molecule has 0 aromatic carbocycles. The Kier molecular flexibility index (Phi) is 3.52. The number of thioether (sulfide) groups is 1. The highest BCUT2D eigenvalue weighted by Crippen LogP contribution is 2.27. The van der Waals surface area contributed by atoms with Gasteiger partial charge in [0.15, 0.2) is 0 Å². The van der Waals surface area contributed by atoms with Gasteiger partial charge in [0, 0.05) is 6.04 Å². The summed E-state index contributed by atoms with van der Waals surface area (Å²) < 4.78 is 5.65. The van der Waals surface area contributed by atoms with Crippen molar-refractivity contribution in [3.05, 3.63) is 0 Å². The van der Waals surface area contributed by atoms with Crippen molar-refractivity contribution in [2.45, 2.75) is 38.5 Å². The zero-order valence-electron chi connectivity index (χ0n) is 8.29. The summed E-state index contributed by atoms with van der Waals surface area (Å²) in [5.41, 5.74) is 0. The van der Waals surface area contributed by atoms with Crippen LogP contribution >= 0.6 is 11.8 Å². The molecular formula is C10H19NOS. The van der Waals surface area contributed by atoms with Gasteiger partial charge in [0.25, 0.3) is 0 Å². The molecule has 1 N–H and O–H groups in total. The number of hydrogen-bond donors (Lipinski definition) is 1. The van der Waals surface area contributed by atoms with Crippen molar-refractivity contribution in [2.75, 3.05) is 18.1 Å². The smallest absolute Gasteiger partial charge is 0.108 e. The molecule has 0 bridgehead atoms. The van der Waals surface area contributed by atoms with Crippen molar-refractivity contribution in [1.29, 1.82) is 0 Å². The lowest BCUT2D eigenvalue weighted by molar-refractivity contribution is 0.0776. The Morgan fingerprint density at radius 2 is 2.15 bits per heavy atom. The van der Waals surface area contributed by atoms with E-state index in [1.54, 1.807) is 0 Å². The number of rotatable bonds is 2. The molecule has 2 fully saturated rings. The maximum absolute atomic E-state index is 5.65. The van der Waals surface area contributed by atoms with Gasteiger partial charge in [0.1, 0.15) is 6.23 Å². The molecule has 2 saturated heterocycles. The fourth-order valence-corrected chi connectivity index (χ4v) is 3.30. The fourth-order valence-electron chi connectivity index (χ4n) is 2.09. The molecular weight excluding hydrogens is 182 g/mol. The molecule has 2 aliphatic heterocycles. The second-order valence-corrected chi connectivity index (χ2v) is 5.41. The second kappa shape index (κ2) is 4.67. The van der Waals surface area contributed by atoms with Crippen LogP contribution in [0.2, 0.25) is 0 Å². The van der Waals surface area contributed by atoms with Gasteiger partial charge in [-0.1, -0.05) is 0 Å². The molecule has 76 valence electrons.